The molecule has 1 heterocycles. The number of benzene rings is 1. The van der Waals surface area contributed by atoms with Gasteiger partial charge < -0.3 is 15.5 Å². The minimum Gasteiger partial charge on any atom is -0.497 e. The number of hydrogen-bond donors (Lipinski definition) is 2. The molecule has 0 amide bonds. The van der Waals surface area contributed by atoms with E-state index in [1.54, 1.807) is 13.3 Å². The van der Waals surface area contributed by atoms with Crippen LogP contribution in [0.25, 0.3) is 0 Å². The summed E-state index contributed by atoms with van der Waals surface area (Å²) in [7, 11) is 1.68. The highest BCUT2D eigenvalue weighted by atomic mass is 16.5. The molecule has 96 valence electrons. The zero-order valence-corrected chi connectivity index (χ0v) is 10.6. The Morgan fingerprint density at radius 2 is 2.33 bits per heavy atom. The van der Waals surface area contributed by atoms with Crippen molar-refractivity contribution in [3.63, 3.8) is 0 Å². The summed E-state index contributed by atoms with van der Waals surface area (Å²) < 4.78 is 5.27. The molecule has 1 aromatic carbocycles. The molecule has 0 aliphatic carbocycles. The summed E-state index contributed by atoms with van der Waals surface area (Å²) in [5, 5.41) is 0. The molecule has 18 heavy (non-hydrogen) atoms. The molecule has 1 unspecified atom stereocenters. The summed E-state index contributed by atoms with van der Waals surface area (Å²) in [6.45, 7) is 0.696. The molecule has 0 aliphatic heterocycles. The quantitative estimate of drug-likeness (QED) is 0.820. The summed E-state index contributed by atoms with van der Waals surface area (Å²) >= 11 is 0. The SMILES string of the molecule is COc1cccc(C(CCCN)c2ncc[nH]2)c1. The van der Waals surface area contributed by atoms with Gasteiger partial charge in [0.1, 0.15) is 11.6 Å². The van der Waals surface area contributed by atoms with Crippen LogP contribution in [0.4, 0.5) is 0 Å². The average Bonchev–Trinajstić information content (AvgIpc) is 2.93. The maximum Gasteiger partial charge on any atom is 0.119 e. The van der Waals surface area contributed by atoms with Gasteiger partial charge >= 0.3 is 0 Å². The molecule has 2 aromatic rings. The zero-order valence-electron chi connectivity index (χ0n) is 10.6. The number of hydrogen-bond acceptors (Lipinski definition) is 3. The maximum absolute atomic E-state index is 5.61. The number of methoxy groups -OCH3 is 1. The predicted molar refractivity (Wildman–Crippen MR) is 71.7 cm³/mol. The fourth-order valence-electron chi connectivity index (χ4n) is 2.11. The third-order valence-corrected chi connectivity index (χ3v) is 3.04. The molecule has 0 saturated heterocycles. The van der Waals surface area contributed by atoms with Crippen molar-refractivity contribution in [3.8, 4) is 5.75 Å². The highest BCUT2D eigenvalue weighted by Gasteiger charge is 2.16. The van der Waals surface area contributed by atoms with Crippen LogP contribution in [-0.4, -0.2) is 23.6 Å². The van der Waals surface area contributed by atoms with E-state index in [4.69, 9.17) is 10.5 Å². The summed E-state index contributed by atoms with van der Waals surface area (Å²) in [6, 6.07) is 8.12. The van der Waals surface area contributed by atoms with Gasteiger partial charge in [0.25, 0.3) is 0 Å². The van der Waals surface area contributed by atoms with Gasteiger partial charge in [-0.2, -0.15) is 0 Å². The first-order valence-electron chi connectivity index (χ1n) is 6.18. The number of aromatic amines is 1. The Hall–Kier alpha value is -1.81. The van der Waals surface area contributed by atoms with Crippen LogP contribution in [0.2, 0.25) is 0 Å². The average molecular weight is 245 g/mol. The molecule has 0 spiro atoms. The van der Waals surface area contributed by atoms with Gasteiger partial charge in [0.05, 0.1) is 7.11 Å². The Balaban J connectivity index is 2.27. The van der Waals surface area contributed by atoms with Crippen LogP contribution < -0.4 is 10.5 Å². The van der Waals surface area contributed by atoms with E-state index in [2.05, 4.69) is 22.1 Å². The number of nitrogens with one attached hydrogen (secondary N) is 1. The van der Waals surface area contributed by atoms with Crippen molar-refractivity contribution in [1.82, 2.24) is 9.97 Å². The number of aromatic nitrogens is 2. The summed E-state index contributed by atoms with van der Waals surface area (Å²) in [4.78, 5) is 7.55. The fraction of sp³-hybridized carbons (Fsp3) is 0.357. The van der Waals surface area contributed by atoms with Crippen molar-refractivity contribution in [3.05, 3.63) is 48.0 Å². The Kier molecular flexibility index (Phi) is 4.36. The molecule has 0 fully saturated rings. The van der Waals surface area contributed by atoms with E-state index in [1.807, 2.05) is 18.3 Å². The van der Waals surface area contributed by atoms with E-state index in [9.17, 15) is 0 Å². The van der Waals surface area contributed by atoms with Crippen LogP contribution in [0.3, 0.4) is 0 Å². The van der Waals surface area contributed by atoms with Crippen molar-refractivity contribution < 1.29 is 4.74 Å². The molecule has 0 saturated carbocycles. The van der Waals surface area contributed by atoms with E-state index < -0.39 is 0 Å². The van der Waals surface area contributed by atoms with Crippen LogP contribution >= 0.6 is 0 Å². The van der Waals surface area contributed by atoms with Gasteiger partial charge in [-0.3, -0.25) is 0 Å². The van der Waals surface area contributed by atoms with E-state index in [0.29, 0.717) is 6.54 Å². The van der Waals surface area contributed by atoms with Crippen molar-refractivity contribution in [2.45, 2.75) is 18.8 Å². The van der Waals surface area contributed by atoms with E-state index in [0.717, 1.165) is 24.4 Å². The first-order chi connectivity index (χ1) is 8.85. The zero-order chi connectivity index (χ0) is 12.8. The summed E-state index contributed by atoms with van der Waals surface area (Å²) in [5.74, 6) is 2.10. The lowest BCUT2D eigenvalue weighted by Gasteiger charge is -2.15. The third kappa shape index (κ3) is 2.90. The van der Waals surface area contributed by atoms with Crippen LogP contribution in [0.1, 0.15) is 30.1 Å². The molecule has 0 aliphatic rings. The van der Waals surface area contributed by atoms with Crippen LogP contribution in [-0.2, 0) is 0 Å². The van der Waals surface area contributed by atoms with Gasteiger partial charge in [-0.25, -0.2) is 4.98 Å². The standard InChI is InChI=1S/C14H19N3O/c1-18-12-5-2-4-11(10-12)13(6-3-7-15)14-16-8-9-17-14/h2,4-5,8-10,13H,3,6-7,15H2,1H3,(H,16,17). The van der Waals surface area contributed by atoms with Gasteiger partial charge in [0.2, 0.25) is 0 Å². The second kappa shape index (κ2) is 6.21. The minimum atomic E-state index is 0.249. The number of ether oxygens (including phenoxy) is 1. The minimum absolute atomic E-state index is 0.249. The second-order valence-corrected chi connectivity index (χ2v) is 4.23. The van der Waals surface area contributed by atoms with Gasteiger partial charge in [-0.15, -0.1) is 0 Å². The van der Waals surface area contributed by atoms with E-state index in [1.165, 1.54) is 5.56 Å². The van der Waals surface area contributed by atoms with Gasteiger partial charge in [-0.1, -0.05) is 12.1 Å². The van der Waals surface area contributed by atoms with Crippen LogP contribution in [0, 0.1) is 0 Å². The highest BCUT2D eigenvalue weighted by Crippen LogP contribution is 2.28. The molecule has 1 atom stereocenters. The fourth-order valence-corrected chi connectivity index (χ4v) is 2.11. The molecule has 2 rings (SSSR count). The summed E-state index contributed by atoms with van der Waals surface area (Å²) in [6.07, 6.45) is 5.59. The first kappa shape index (κ1) is 12.6. The van der Waals surface area contributed by atoms with E-state index >= 15 is 0 Å². The van der Waals surface area contributed by atoms with Crippen molar-refractivity contribution >= 4 is 0 Å². The third-order valence-electron chi connectivity index (χ3n) is 3.04. The normalized spacial score (nSPS) is 12.3. The number of nitrogens with zero attached hydrogens (tertiary/aromatic N) is 1. The predicted octanol–water partition coefficient (Wildman–Crippen LogP) is 2.29. The molecule has 0 radical (unpaired) electrons. The Labute approximate surface area is 107 Å². The van der Waals surface area contributed by atoms with E-state index in [-0.39, 0.29) is 5.92 Å². The van der Waals surface area contributed by atoms with Gasteiger partial charge in [-0.05, 0) is 37.1 Å². The van der Waals surface area contributed by atoms with Crippen molar-refractivity contribution in [2.75, 3.05) is 13.7 Å². The number of H-pyrrole nitrogens is 1. The Morgan fingerprint density at radius 3 is 3.00 bits per heavy atom. The molecular weight excluding hydrogens is 226 g/mol. The molecule has 0 bridgehead atoms. The number of imidazole rings is 1. The van der Waals surface area contributed by atoms with Crippen molar-refractivity contribution in [1.29, 1.82) is 0 Å². The van der Waals surface area contributed by atoms with Gasteiger partial charge in [0.15, 0.2) is 0 Å². The highest BCUT2D eigenvalue weighted by molar-refractivity contribution is 5.33. The molecule has 4 nitrogen and oxygen atoms in total. The smallest absolute Gasteiger partial charge is 0.119 e. The lowest BCUT2D eigenvalue weighted by Crippen LogP contribution is -2.07. The topological polar surface area (TPSA) is 63.9 Å². The van der Waals surface area contributed by atoms with Crippen LogP contribution in [0.15, 0.2) is 36.7 Å². The number of nitrogens with two attached hydrogens (primary N) is 1. The first-order valence-corrected chi connectivity index (χ1v) is 6.18. The monoisotopic (exact) mass is 245 g/mol. The largest absolute Gasteiger partial charge is 0.497 e. The summed E-state index contributed by atoms with van der Waals surface area (Å²) in [5.41, 5.74) is 6.82. The second-order valence-electron chi connectivity index (χ2n) is 4.23. The van der Waals surface area contributed by atoms with Crippen LogP contribution in [0.5, 0.6) is 5.75 Å². The lowest BCUT2D eigenvalue weighted by molar-refractivity contribution is 0.414. The van der Waals surface area contributed by atoms with Crippen molar-refractivity contribution in [2.24, 2.45) is 5.73 Å². The maximum atomic E-state index is 5.61. The Bertz CT molecular complexity index is 468. The number of rotatable bonds is 6. The molecule has 1 aromatic heterocycles. The van der Waals surface area contributed by atoms with Gasteiger partial charge in [0, 0.05) is 18.3 Å². The molecule has 3 N–H and O–H groups in total. The lowest BCUT2D eigenvalue weighted by atomic mass is 9.93. The Morgan fingerprint density at radius 1 is 1.44 bits per heavy atom. The molecular formula is C14H19N3O. The molecule has 4 heteroatoms.